The predicted molar refractivity (Wildman–Crippen MR) is 113 cm³/mol. The highest BCUT2D eigenvalue weighted by Crippen LogP contribution is 2.33. The van der Waals surface area contributed by atoms with Gasteiger partial charge in [0.2, 0.25) is 5.91 Å². The lowest BCUT2D eigenvalue weighted by Gasteiger charge is -2.11. The van der Waals surface area contributed by atoms with Gasteiger partial charge in [-0.1, -0.05) is 34.1 Å². The van der Waals surface area contributed by atoms with Gasteiger partial charge in [-0.05, 0) is 29.9 Å². The molecular formula is C19H15ClN7O3S+. The number of aromatic amines is 1. The molecule has 12 heteroatoms. The van der Waals surface area contributed by atoms with E-state index in [9.17, 15) is 20.1 Å². The van der Waals surface area contributed by atoms with Crippen molar-refractivity contribution in [2.24, 2.45) is 7.05 Å². The summed E-state index contributed by atoms with van der Waals surface area (Å²) in [5, 5.41) is 24.9. The Morgan fingerprint density at radius 3 is 2.71 bits per heavy atom. The smallest absolute Gasteiger partial charge is 0.383 e. The van der Waals surface area contributed by atoms with Gasteiger partial charge in [0.05, 0.1) is 11.3 Å². The lowest BCUT2D eigenvalue weighted by molar-refractivity contribution is -0.730. The number of aryl methyl sites for hydroxylation is 2. The van der Waals surface area contributed by atoms with Gasteiger partial charge in [-0.3, -0.25) is 9.32 Å². The molecule has 3 aromatic rings. The van der Waals surface area contributed by atoms with Crippen molar-refractivity contribution < 1.29 is 14.0 Å². The van der Waals surface area contributed by atoms with E-state index < -0.39 is 5.63 Å². The van der Waals surface area contributed by atoms with Crippen LogP contribution >= 0.6 is 23.4 Å². The molecule has 0 spiro atoms. The number of anilines is 2. The van der Waals surface area contributed by atoms with Gasteiger partial charge >= 0.3 is 11.3 Å². The highest BCUT2D eigenvalue weighted by Gasteiger charge is 2.31. The lowest BCUT2D eigenvalue weighted by Crippen LogP contribution is -2.34. The van der Waals surface area contributed by atoms with Crippen molar-refractivity contribution in [2.45, 2.75) is 11.9 Å². The molecule has 0 saturated heterocycles. The Kier molecular flexibility index (Phi) is 6.30. The largest absolute Gasteiger partial charge is 0.435 e. The van der Waals surface area contributed by atoms with E-state index in [1.807, 2.05) is 19.1 Å². The van der Waals surface area contributed by atoms with Gasteiger partial charge < -0.3 is 11.1 Å². The van der Waals surface area contributed by atoms with Crippen molar-refractivity contribution in [2.75, 3.05) is 16.8 Å². The molecule has 0 saturated carbocycles. The topological polar surface area (TPSA) is 165 Å². The van der Waals surface area contributed by atoms with Crippen LogP contribution in [0.4, 0.5) is 11.5 Å². The zero-order valence-electron chi connectivity index (χ0n) is 16.3. The van der Waals surface area contributed by atoms with Crippen LogP contribution in [0.5, 0.6) is 0 Å². The quantitative estimate of drug-likeness (QED) is 0.386. The highest BCUT2D eigenvalue weighted by molar-refractivity contribution is 8.00. The minimum atomic E-state index is -0.786. The van der Waals surface area contributed by atoms with E-state index in [0.29, 0.717) is 10.7 Å². The van der Waals surface area contributed by atoms with Gasteiger partial charge in [0.25, 0.3) is 0 Å². The third-order valence-electron chi connectivity index (χ3n) is 4.27. The molecule has 0 aliphatic rings. The molecule has 31 heavy (non-hydrogen) atoms. The molecule has 2 aromatic heterocycles. The first-order valence-electron chi connectivity index (χ1n) is 8.67. The monoisotopic (exact) mass is 456 g/mol. The van der Waals surface area contributed by atoms with Crippen molar-refractivity contribution >= 4 is 40.8 Å². The zero-order chi connectivity index (χ0) is 22.7. The molecular weight excluding hydrogens is 442 g/mol. The van der Waals surface area contributed by atoms with Crippen LogP contribution in [0.3, 0.4) is 0 Å². The van der Waals surface area contributed by atoms with E-state index in [-0.39, 0.29) is 44.9 Å². The van der Waals surface area contributed by atoms with Crippen LogP contribution in [0.1, 0.15) is 16.7 Å². The first-order valence-corrected chi connectivity index (χ1v) is 10.0. The van der Waals surface area contributed by atoms with Gasteiger partial charge in [-0.25, -0.2) is 9.78 Å². The zero-order valence-corrected chi connectivity index (χ0v) is 17.9. The van der Waals surface area contributed by atoms with E-state index in [4.69, 9.17) is 21.9 Å². The van der Waals surface area contributed by atoms with E-state index in [0.717, 1.165) is 17.3 Å². The van der Waals surface area contributed by atoms with Crippen molar-refractivity contribution in [1.82, 2.24) is 10.3 Å². The molecule has 0 atom stereocenters. The Hall–Kier alpha value is -3.80. The maximum absolute atomic E-state index is 12.4. The second-order valence-corrected chi connectivity index (χ2v) is 7.74. The third-order valence-corrected chi connectivity index (χ3v) is 5.48. The maximum Gasteiger partial charge on any atom is 0.435 e. The molecule has 2 heterocycles. The Bertz CT molecular complexity index is 1330. The number of carbonyl (C=O) groups is 1. The molecule has 0 unspecified atom stereocenters. The summed E-state index contributed by atoms with van der Waals surface area (Å²) in [6.07, 6.45) is 0. The van der Waals surface area contributed by atoms with Gasteiger partial charge in [-0.15, -0.1) is 0 Å². The van der Waals surface area contributed by atoms with Gasteiger partial charge in [0, 0.05) is 10.7 Å². The number of nitrogens with one attached hydrogen (secondary N) is 2. The molecule has 1 aromatic carbocycles. The number of H-pyrrole nitrogens is 1. The summed E-state index contributed by atoms with van der Waals surface area (Å²) in [6, 6.07) is 8.93. The minimum absolute atomic E-state index is 0.0106. The van der Waals surface area contributed by atoms with Gasteiger partial charge in [-0.2, -0.15) is 10.5 Å². The molecule has 0 radical (unpaired) electrons. The standard InChI is InChI=1S/C19H14ClN7O3S/c1-9-3-4-10(20)5-13(9)24-14(28)8-31-18-12(7-22)15(11(6-21)17(23)25-18)16-19(29)30-26-27(16)2/h3-5H,8H2,1-2H3,(H3-,23,24,25,26,28,29)/p+1. The van der Waals surface area contributed by atoms with Gasteiger partial charge in [0.15, 0.2) is 7.05 Å². The number of rotatable bonds is 5. The number of halogens is 1. The number of nitrogens with zero attached hydrogens (tertiary/aromatic N) is 4. The molecule has 0 aliphatic heterocycles. The summed E-state index contributed by atoms with van der Waals surface area (Å²) in [4.78, 5) is 28.7. The normalized spacial score (nSPS) is 10.4. The molecule has 10 nitrogen and oxygen atoms in total. The van der Waals surface area contributed by atoms with E-state index in [1.54, 1.807) is 18.2 Å². The Morgan fingerprint density at radius 1 is 1.39 bits per heavy atom. The Balaban J connectivity index is 1.96. The molecule has 0 bridgehead atoms. The molecule has 4 N–H and O–H groups in total. The van der Waals surface area contributed by atoms with Crippen LogP contribution in [0.15, 0.2) is 32.5 Å². The second-order valence-electron chi connectivity index (χ2n) is 6.34. The first kappa shape index (κ1) is 21.9. The minimum Gasteiger partial charge on any atom is -0.383 e. The van der Waals surface area contributed by atoms with Crippen molar-refractivity contribution in [3.05, 3.63) is 50.3 Å². The lowest BCUT2D eigenvalue weighted by atomic mass is 10.0. The summed E-state index contributed by atoms with van der Waals surface area (Å²) in [5.74, 6) is -0.644. The fourth-order valence-corrected chi connectivity index (χ4v) is 3.77. The summed E-state index contributed by atoms with van der Waals surface area (Å²) in [5.41, 5.74) is 6.23. The molecule has 0 fully saturated rings. The van der Waals surface area contributed by atoms with Crippen LogP contribution in [0.2, 0.25) is 5.02 Å². The van der Waals surface area contributed by atoms with E-state index >= 15 is 0 Å². The average Bonchev–Trinajstić information content (AvgIpc) is 3.06. The van der Waals surface area contributed by atoms with Crippen molar-refractivity contribution in [3.63, 3.8) is 0 Å². The number of pyridine rings is 1. The Morgan fingerprint density at radius 2 is 2.10 bits per heavy atom. The summed E-state index contributed by atoms with van der Waals surface area (Å²) < 4.78 is 5.96. The van der Waals surface area contributed by atoms with Crippen LogP contribution < -0.4 is 21.4 Å². The van der Waals surface area contributed by atoms with Crippen LogP contribution in [-0.2, 0) is 11.8 Å². The predicted octanol–water partition coefficient (Wildman–Crippen LogP) is 1.87. The fraction of sp³-hybridized carbons (Fsp3) is 0.158. The number of aromatic nitrogens is 3. The number of nitrogens with two attached hydrogens (primary N) is 1. The summed E-state index contributed by atoms with van der Waals surface area (Å²) >= 11 is 6.92. The molecule has 1 amide bonds. The number of hydrogen-bond acceptors (Lipinski definition) is 8. The second kappa shape index (κ2) is 8.92. The summed E-state index contributed by atoms with van der Waals surface area (Å²) in [7, 11) is 1.48. The maximum atomic E-state index is 12.4. The van der Waals surface area contributed by atoms with Crippen molar-refractivity contribution in [1.29, 1.82) is 10.5 Å². The van der Waals surface area contributed by atoms with Gasteiger partial charge in [0.1, 0.15) is 34.1 Å². The van der Waals surface area contributed by atoms with E-state index in [1.165, 1.54) is 11.7 Å². The van der Waals surface area contributed by atoms with E-state index in [2.05, 4.69) is 15.6 Å². The van der Waals surface area contributed by atoms with Crippen LogP contribution in [-0.4, -0.2) is 21.9 Å². The highest BCUT2D eigenvalue weighted by atomic mass is 35.5. The molecule has 156 valence electrons. The van der Waals surface area contributed by atoms with Crippen molar-refractivity contribution in [3.8, 4) is 23.4 Å². The number of amides is 1. The molecule has 0 aliphatic carbocycles. The number of nitrogen functional groups attached to an aromatic ring is 1. The molecule has 3 rings (SSSR count). The fourth-order valence-electron chi connectivity index (χ4n) is 2.80. The number of hydrogen-bond donors (Lipinski definition) is 3. The Labute approximate surface area is 185 Å². The first-order chi connectivity index (χ1) is 14.8. The number of thioether (sulfide) groups is 1. The average molecular weight is 457 g/mol. The summed E-state index contributed by atoms with van der Waals surface area (Å²) in [6.45, 7) is 1.82. The number of nitriles is 2. The SMILES string of the molecule is Cc1ccc(Cl)cc1NC(=O)CSc1nc(N)c(C#N)c(-c2c(=O)o[nH][n+]2C)c1C#N. The number of benzene rings is 1. The number of carbonyl (C=O) groups excluding carboxylic acids is 1. The third kappa shape index (κ3) is 4.38. The van der Waals surface area contributed by atoms with Crippen LogP contribution in [0, 0.1) is 29.6 Å². The van der Waals surface area contributed by atoms with Crippen LogP contribution in [0.25, 0.3) is 11.3 Å².